The summed E-state index contributed by atoms with van der Waals surface area (Å²) in [6.45, 7) is 0. The number of pyridine rings is 1. The van der Waals surface area contributed by atoms with Crippen LogP contribution in [0.1, 0.15) is 10.4 Å². The van der Waals surface area contributed by atoms with Gasteiger partial charge >= 0.3 is 0 Å². The molecule has 3 aromatic rings. The summed E-state index contributed by atoms with van der Waals surface area (Å²) in [7, 11) is 0. The minimum Gasteiger partial charge on any atom is -0.306 e. The van der Waals surface area contributed by atoms with Crippen LogP contribution in [-0.4, -0.2) is 20.9 Å². The average molecular weight is 329 g/mol. The summed E-state index contributed by atoms with van der Waals surface area (Å²) in [5, 5.41) is 2.74. The number of anilines is 1. The van der Waals surface area contributed by atoms with E-state index < -0.39 is 0 Å². The number of aromatic nitrogens is 3. The third-order valence-corrected chi connectivity index (χ3v) is 3.18. The molecule has 0 aliphatic heterocycles. The van der Waals surface area contributed by atoms with Crippen molar-refractivity contribution in [2.75, 3.05) is 5.32 Å². The van der Waals surface area contributed by atoms with Crippen LogP contribution in [0.4, 0.5) is 5.82 Å². The molecule has 0 fully saturated rings. The lowest BCUT2D eigenvalue weighted by atomic mass is 10.1. The number of nitrogens with one attached hydrogen (secondary N) is 1. The molecule has 0 saturated carbocycles. The Balaban J connectivity index is 1.94. The summed E-state index contributed by atoms with van der Waals surface area (Å²) in [6.07, 6.45) is 4.79. The lowest BCUT2D eigenvalue weighted by Gasteiger charge is -2.06. The molecule has 98 valence electrons. The van der Waals surface area contributed by atoms with Crippen molar-refractivity contribution in [1.82, 2.24) is 15.0 Å². The van der Waals surface area contributed by atoms with Crippen LogP contribution < -0.4 is 5.32 Å². The van der Waals surface area contributed by atoms with Crippen LogP contribution in [-0.2, 0) is 0 Å². The Morgan fingerprint density at radius 2 is 1.90 bits per heavy atom. The Labute approximate surface area is 123 Å². The fraction of sp³-hybridized carbons (Fsp3) is 0. The van der Waals surface area contributed by atoms with E-state index in [1.807, 2.05) is 12.1 Å². The SMILES string of the molecule is O=C(Nc1ccc(Br)cn1)c1cccc2nccnc12. The minimum absolute atomic E-state index is 0.258. The molecule has 0 unspecified atom stereocenters. The highest BCUT2D eigenvalue weighted by Crippen LogP contribution is 2.16. The number of carbonyl (C=O) groups excluding carboxylic acids is 1. The summed E-state index contributed by atoms with van der Waals surface area (Å²) in [5.74, 6) is 0.227. The maximum atomic E-state index is 12.3. The number of benzene rings is 1. The second kappa shape index (κ2) is 5.34. The number of amides is 1. The molecule has 20 heavy (non-hydrogen) atoms. The maximum Gasteiger partial charge on any atom is 0.259 e. The van der Waals surface area contributed by atoms with Gasteiger partial charge in [-0.25, -0.2) is 4.98 Å². The molecule has 0 bridgehead atoms. The Bertz CT molecular complexity index is 768. The molecule has 0 radical (unpaired) electrons. The molecule has 0 aliphatic rings. The van der Waals surface area contributed by atoms with E-state index in [9.17, 15) is 4.79 Å². The van der Waals surface area contributed by atoms with E-state index in [0.717, 1.165) is 4.47 Å². The summed E-state index contributed by atoms with van der Waals surface area (Å²) in [4.78, 5) is 24.8. The molecule has 1 aromatic carbocycles. The van der Waals surface area contributed by atoms with Crippen LogP contribution in [0, 0.1) is 0 Å². The van der Waals surface area contributed by atoms with Crippen LogP contribution in [0.2, 0.25) is 0 Å². The van der Waals surface area contributed by atoms with Gasteiger partial charge in [-0.2, -0.15) is 0 Å². The number of hydrogen-bond donors (Lipinski definition) is 1. The van der Waals surface area contributed by atoms with E-state index in [4.69, 9.17) is 0 Å². The number of fused-ring (bicyclic) bond motifs is 1. The highest BCUT2D eigenvalue weighted by Gasteiger charge is 2.11. The lowest BCUT2D eigenvalue weighted by Crippen LogP contribution is -2.13. The minimum atomic E-state index is -0.258. The predicted molar refractivity (Wildman–Crippen MR) is 79.4 cm³/mol. The maximum absolute atomic E-state index is 12.3. The van der Waals surface area contributed by atoms with Crippen molar-refractivity contribution < 1.29 is 4.79 Å². The Hall–Kier alpha value is -2.34. The number of carbonyl (C=O) groups is 1. The van der Waals surface area contributed by atoms with Gasteiger partial charge in [0.25, 0.3) is 5.91 Å². The average Bonchev–Trinajstić information content (AvgIpc) is 2.49. The van der Waals surface area contributed by atoms with E-state index in [-0.39, 0.29) is 5.91 Å². The molecule has 2 aromatic heterocycles. The number of rotatable bonds is 2. The molecule has 0 atom stereocenters. The molecular formula is C14H9BrN4O. The summed E-state index contributed by atoms with van der Waals surface area (Å²) in [6, 6.07) is 8.84. The Morgan fingerprint density at radius 3 is 2.70 bits per heavy atom. The fourth-order valence-corrected chi connectivity index (χ4v) is 2.04. The van der Waals surface area contributed by atoms with Gasteiger partial charge < -0.3 is 5.32 Å². The number of hydrogen-bond acceptors (Lipinski definition) is 4. The number of halogens is 1. The van der Waals surface area contributed by atoms with Crippen molar-refractivity contribution in [3.8, 4) is 0 Å². The molecule has 1 N–H and O–H groups in total. The summed E-state index contributed by atoms with van der Waals surface area (Å²) in [5.41, 5.74) is 1.73. The highest BCUT2D eigenvalue weighted by molar-refractivity contribution is 9.10. The van der Waals surface area contributed by atoms with Crippen molar-refractivity contribution in [3.63, 3.8) is 0 Å². The third kappa shape index (κ3) is 2.50. The fourth-order valence-electron chi connectivity index (χ4n) is 1.81. The zero-order valence-electron chi connectivity index (χ0n) is 10.2. The van der Waals surface area contributed by atoms with Gasteiger partial charge in [0.2, 0.25) is 0 Å². The normalized spacial score (nSPS) is 10.4. The molecule has 6 heteroatoms. The van der Waals surface area contributed by atoms with Gasteiger partial charge in [-0.1, -0.05) is 6.07 Å². The molecule has 0 spiro atoms. The van der Waals surface area contributed by atoms with Crippen LogP contribution >= 0.6 is 15.9 Å². The smallest absolute Gasteiger partial charge is 0.259 e. The van der Waals surface area contributed by atoms with Gasteiger partial charge in [-0.15, -0.1) is 0 Å². The predicted octanol–water partition coefficient (Wildman–Crippen LogP) is 3.04. The first kappa shape index (κ1) is 12.7. The zero-order chi connectivity index (χ0) is 13.9. The van der Waals surface area contributed by atoms with E-state index >= 15 is 0 Å². The monoisotopic (exact) mass is 328 g/mol. The van der Waals surface area contributed by atoms with Crippen LogP contribution in [0.5, 0.6) is 0 Å². The van der Waals surface area contributed by atoms with Crippen LogP contribution in [0.25, 0.3) is 11.0 Å². The molecule has 5 nitrogen and oxygen atoms in total. The van der Waals surface area contributed by atoms with Crippen molar-refractivity contribution in [2.45, 2.75) is 0 Å². The molecule has 0 saturated heterocycles. The first-order valence-electron chi connectivity index (χ1n) is 5.87. The van der Waals surface area contributed by atoms with Gasteiger partial charge in [0, 0.05) is 23.1 Å². The second-order valence-electron chi connectivity index (χ2n) is 4.05. The van der Waals surface area contributed by atoms with Crippen molar-refractivity contribution in [2.24, 2.45) is 0 Å². The topological polar surface area (TPSA) is 67.8 Å². The van der Waals surface area contributed by atoms with E-state index in [0.29, 0.717) is 22.4 Å². The van der Waals surface area contributed by atoms with Gasteiger partial charge in [-0.05, 0) is 40.2 Å². The summed E-state index contributed by atoms with van der Waals surface area (Å²) < 4.78 is 0.853. The third-order valence-electron chi connectivity index (χ3n) is 2.71. The largest absolute Gasteiger partial charge is 0.306 e. The molecule has 0 aliphatic carbocycles. The van der Waals surface area contributed by atoms with Gasteiger partial charge in [0.1, 0.15) is 11.3 Å². The molecule has 2 heterocycles. The standard InChI is InChI=1S/C14H9BrN4O/c15-9-4-5-12(18-8-9)19-14(20)10-2-1-3-11-13(10)17-7-6-16-11/h1-8H,(H,18,19,20). The van der Waals surface area contributed by atoms with Crippen LogP contribution in [0.15, 0.2) is 53.4 Å². The summed E-state index contributed by atoms with van der Waals surface area (Å²) >= 11 is 3.30. The number of nitrogens with zero attached hydrogens (tertiary/aromatic N) is 3. The lowest BCUT2D eigenvalue weighted by molar-refractivity contribution is 0.102. The van der Waals surface area contributed by atoms with Gasteiger partial charge in [0.15, 0.2) is 0 Å². The number of para-hydroxylation sites is 1. The second-order valence-corrected chi connectivity index (χ2v) is 4.96. The Morgan fingerprint density at radius 1 is 1.05 bits per heavy atom. The highest BCUT2D eigenvalue weighted by atomic mass is 79.9. The van der Waals surface area contributed by atoms with E-state index in [2.05, 4.69) is 36.2 Å². The first-order valence-corrected chi connectivity index (χ1v) is 6.66. The Kier molecular flexibility index (Phi) is 3.39. The molecule has 1 amide bonds. The van der Waals surface area contributed by atoms with E-state index in [1.54, 1.807) is 36.8 Å². The quantitative estimate of drug-likeness (QED) is 0.785. The van der Waals surface area contributed by atoms with Crippen molar-refractivity contribution in [3.05, 3.63) is 59.0 Å². The van der Waals surface area contributed by atoms with Crippen LogP contribution in [0.3, 0.4) is 0 Å². The van der Waals surface area contributed by atoms with Gasteiger partial charge in [0.05, 0.1) is 11.1 Å². The first-order chi connectivity index (χ1) is 9.74. The van der Waals surface area contributed by atoms with Gasteiger partial charge in [-0.3, -0.25) is 14.8 Å². The van der Waals surface area contributed by atoms with Crippen molar-refractivity contribution in [1.29, 1.82) is 0 Å². The molecular weight excluding hydrogens is 320 g/mol. The molecule has 3 rings (SSSR count). The zero-order valence-corrected chi connectivity index (χ0v) is 11.8. The van der Waals surface area contributed by atoms with E-state index in [1.165, 1.54) is 0 Å². The van der Waals surface area contributed by atoms with Crippen molar-refractivity contribution >= 4 is 38.7 Å².